The molecule has 1 rings (SSSR count). The van der Waals surface area contributed by atoms with Gasteiger partial charge in [0.1, 0.15) is 5.56 Å². The monoisotopic (exact) mass is 272 g/mol. The molecule has 6 heteroatoms. The summed E-state index contributed by atoms with van der Waals surface area (Å²) in [5.41, 5.74) is 0.507. The van der Waals surface area contributed by atoms with Crippen molar-refractivity contribution in [1.29, 1.82) is 0 Å². The summed E-state index contributed by atoms with van der Waals surface area (Å²) in [7, 11) is 1.55. The first-order chi connectivity index (χ1) is 8.58. The van der Waals surface area contributed by atoms with Gasteiger partial charge < -0.3 is 15.0 Å². The highest BCUT2D eigenvalue weighted by molar-refractivity contribution is 6.17. The van der Waals surface area contributed by atoms with E-state index in [9.17, 15) is 9.59 Å². The van der Waals surface area contributed by atoms with E-state index in [0.29, 0.717) is 24.6 Å². The van der Waals surface area contributed by atoms with Gasteiger partial charge in [0.25, 0.3) is 5.91 Å². The molecule has 1 heterocycles. The first kappa shape index (κ1) is 14.7. The largest absolute Gasteiger partial charge is 0.383 e. The highest BCUT2D eigenvalue weighted by Crippen LogP contribution is 1.99. The minimum absolute atomic E-state index is 0.0938. The molecule has 0 saturated carbocycles. The Kier molecular flexibility index (Phi) is 5.88. The number of rotatable bonds is 6. The van der Waals surface area contributed by atoms with Crippen molar-refractivity contribution < 1.29 is 9.53 Å². The second-order valence-corrected chi connectivity index (χ2v) is 4.38. The van der Waals surface area contributed by atoms with E-state index < -0.39 is 5.91 Å². The van der Waals surface area contributed by atoms with Crippen LogP contribution < -0.4 is 10.7 Å². The van der Waals surface area contributed by atoms with Crippen molar-refractivity contribution in [1.82, 2.24) is 10.3 Å². The third-order valence-electron chi connectivity index (χ3n) is 2.46. The van der Waals surface area contributed by atoms with Crippen LogP contribution in [0, 0.1) is 6.92 Å². The zero-order valence-electron chi connectivity index (χ0n) is 10.5. The molecule has 1 unspecified atom stereocenters. The zero-order chi connectivity index (χ0) is 13.5. The molecule has 0 aromatic carbocycles. The number of aryl methyl sites for hydroxylation is 1. The topological polar surface area (TPSA) is 71.2 Å². The Balaban J connectivity index is 2.77. The minimum Gasteiger partial charge on any atom is -0.383 e. The first-order valence-electron chi connectivity index (χ1n) is 5.63. The van der Waals surface area contributed by atoms with E-state index in [4.69, 9.17) is 16.3 Å². The molecular weight excluding hydrogens is 256 g/mol. The van der Waals surface area contributed by atoms with Crippen LogP contribution in [0.25, 0.3) is 0 Å². The number of amides is 1. The predicted molar refractivity (Wildman–Crippen MR) is 70.3 cm³/mol. The highest BCUT2D eigenvalue weighted by atomic mass is 35.5. The summed E-state index contributed by atoms with van der Waals surface area (Å²) >= 11 is 5.64. The van der Waals surface area contributed by atoms with Crippen LogP contribution in [0.3, 0.4) is 0 Å². The maximum absolute atomic E-state index is 11.9. The standard InChI is InChI=1S/C12H17ClN2O3/c1-8-5-11(16)10(6-14-8)12(17)15-9(3-4-13)7-18-2/h5-6,9H,3-4,7H2,1-2H3,(H,14,16)(H,15,17). The summed E-state index contributed by atoms with van der Waals surface area (Å²) in [5.74, 6) is 0.00174. The Morgan fingerprint density at radius 3 is 2.89 bits per heavy atom. The van der Waals surface area contributed by atoms with Gasteiger partial charge in [0.15, 0.2) is 5.43 Å². The fourth-order valence-electron chi connectivity index (χ4n) is 1.54. The minimum atomic E-state index is -0.414. The Morgan fingerprint density at radius 2 is 2.33 bits per heavy atom. The smallest absolute Gasteiger partial charge is 0.257 e. The predicted octanol–water partition coefficient (Wildman–Crippen LogP) is 1.06. The van der Waals surface area contributed by atoms with Gasteiger partial charge in [-0.05, 0) is 13.3 Å². The SMILES string of the molecule is COCC(CCCl)NC(=O)c1c[nH]c(C)cc1=O. The van der Waals surface area contributed by atoms with Gasteiger partial charge in [-0.2, -0.15) is 0 Å². The molecule has 0 radical (unpaired) electrons. The van der Waals surface area contributed by atoms with Gasteiger partial charge in [-0.3, -0.25) is 9.59 Å². The molecule has 0 fully saturated rings. The summed E-state index contributed by atoms with van der Waals surface area (Å²) < 4.78 is 4.98. The number of alkyl halides is 1. The summed E-state index contributed by atoms with van der Waals surface area (Å²) in [6.45, 7) is 2.12. The Labute approximate surface area is 110 Å². The molecule has 0 bridgehead atoms. The number of hydrogen-bond acceptors (Lipinski definition) is 3. The molecule has 1 amide bonds. The number of aromatic nitrogens is 1. The molecule has 0 aliphatic carbocycles. The van der Waals surface area contributed by atoms with Crippen LogP contribution in [-0.2, 0) is 4.74 Å². The number of nitrogens with one attached hydrogen (secondary N) is 2. The van der Waals surface area contributed by atoms with Crippen molar-refractivity contribution in [2.45, 2.75) is 19.4 Å². The van der Waals surface area contributed by atoms with Crippen LogP contribution in [0.1, 0.15) is 22.5 Å². The molecule has 100 valence electrons. The summed E-state index contributed by atoms with van der Waals surface area (Å²) in [6, 6.07) is 1.20. The van der Waals surface area contributed by atoms with Crippen LogP contribution in [0.2, 0.25) is 0 Å². The van der Waals surface area contributed by atoms with Gasteiger partial charge in [-0.25, -0.2) is 0 Å². The van der Waals surface area contributed by atoms with E-state index >= 15 is 0 Å². The van der Waals surface area contributed by atoms with Crippen LogP contribution in [0.5, 0.6) is 0 Å². The maximum Gasteiger partial charge on any atom is 0.257 e. The number of ether oxygens (including phenoxy) is 1. The number of halogens is 1. The second kappa shape index (κ2) is 7.18. The van der Waals surface area contributed by atoms with E-state index in [1.807, 2.05) is 0 Å². The van der Waals surface area contributed by atoms with E-state index in [1.165, 1.54) is 12.3 Å². The van der Waals surface area contributed by atoms with Gasteiger partial charge >= 0.3 is 0 Å². The van der Waals surface area contributed by atoms with Crippen LogP contribution in [0.15, 0.2) is 17.1 Å². The fourth-order valence-corrected chi connectivity index (χ4v) is 1.81. The molecule has 1 aromatic heterocycles. The van der Waals surface area contributed by atoms with Crippen LogP contribution in [-0.4, -0.2) is 36.5 Å². The second-order valence-electron chi connectivity index (χ2n) is 4.00. The molecule has 1 atom stereocenters. The van der Waals surface area contributed by atoms with Crippen LogP contribution >= 0.6 is 11.6 Å². The normalized spacial score (nSPS) is 12.2. The van der Waals surface area contributed by atoms with Crippen LogP contribution in [0.4, 0.5) is 0 Å². The molecule has 0 aliphatic rings. The number of pyridine rings is 1. The average Bonchev–Trinajstić information content (AvgIpc) is 2.29. The van der Waals surface area contributed by atoms with Crippen molar-refractivity contribution in [2.24, 2.45) is 0 Å². The number of aromatic amines is 1. The Hall–Kier alpha value is -1.33. The van der Waals surface area contributed by atoms with Crippen molar-refractivity contribution in [2.75, 3.05) is 19.6 Å². The molecule has 5 nitrogen and oxygen atoms in total. The summed E-state index contributed by atoms with van der Waals surface area (Å²) in [4.78, 5) is 26.4. The molecule has 0 aliphatic heterocycles. The van der Waals surface area contributed by atoms with E-state index in [0.717, 1.165) is 0 Å². The Morgan fingerprint density at radius 1 is 1.61 bits per heavy atom. The summed E-state index contributed by atoms with van der Waals surface area (Å²) in [6.07, 6.45) is 2.00. The lowest BCUT2D eigenvalue weighted by Gasteiger charge is -2.16. The van der Waals surface area contributed by atoms with Gasteiger partial charge in [0, 0.05) is 30.9 Å². The molecule has 1 aromatic rings. The third-order valence-corrected chi connectivity index (χ3v) is 2.68. The van der Waals surface area contributed by atoms with Crippen molar-refractivity contribution in [3.8, 4) is 0 Å². The molecule has 18 heavy (non-hydrogen) atoms. The van der Waals surface area contributed by atoms with Crippen molar-refractivity contribution >= 4 is 17.5 Å². The molecule has 2 N–H and O–H groups in total. The first-order valence-corrected chi connectivity index (χ1v) is 6.17. The quantitative estimate of drug-likeness (QED) is 0.761. The molecular formula is C12H17ClN2O3. The number of H-pyrrole nitrogens is 1. The fraction of sp³-hybridized carbons (Fsp3) is 0.500. The van der Waals surface area contributed by atoms with Gasteiger partial charge in [-0.15, -0.1) is 11.6 Å². The number of methoxy groups -OCH3 is 1. The average molecular weight is 273 g/mol. The lowest BCUT2D eigenvalue weighted by molar-refractivity contribution is 0.0893. The highest BCUT2D eigenvalue weighted by Gasteiger charge is 2.15. The lowest BCUT2D eigenvalue weighted by Crippen LogP contribution is -2.40. The zero-order valence-corrected chi connectivity index (χ0v) is 11.2. The van der Waals surface area contributed by atoms with E-state index in [-0.39, 0.29) is 17.0 Å². The maximum atomic E-state index is 11.9. The lowest BCUT2D eigenvalue weighted by atomic mass is 10.2. The van der Waals surface area contributed by atoms with E-state index in [2.05, 4.69) is 10.3 Å². The molecule has 0 spiro atoms. The number of carbonyl (C=O) groups is 1. The number of hydrogen-bond donors (Lipinski definition) is 2. The van der Waals surface area contributed by atoms with Gasteiger partial charge in [0.05, 0.1) is 12.6 Å². The number of carbonyl (C=O) groups excluding carboxylic acids is 1. The molecule has 0 saturated heterocycles. The Bertz CT molecular complexity index is 453. The summed E-state index contributed by atoms with van der Waals surface area (Å²) in [5, 5.41) is 2.73. The van der Waals surface area contributed by atoms with Gasteiger partial charge in [0.2, 0.25) is 0 Å². The van der Waals surface area contributed by atoms with E-state index in [1.54, 1.807) is 14.0 Å². The van der Waals surface area contributed by atoms with Crippen molar-refractivity contribution in [3.63, 3.8) is 0 Å². The van der Waals surface area contributed by atoms with Gasteiger partial charge in [-0.1, -0.05) is 0 Å². The van der Waals surface area contributed by atoms with Crippen molar-refractivity contribution in [3.05, 3.63) is 33.7 Å². The third kappa shape index (κ3) is 4.16.